The van der Waals surface area contributed by atoms with E-state index in [2.05, 4.69) is 73.8 Å². The predicted octanol–water partition coefficient (Wildman–Crippen LogP) is 5.98. The van der Waals surface area contributed by atoms with Gasteiger partial charge in [-0.3, -0.25) is 0 Å². The van der Waals surface area contributed by atoms with Crippen LogP contribution in [0.3, 0.4) is 0 Å². The highest BCUT2D eigenvalue weighted by Gasteiger charge is 2.08. The molecule has 21 heavy (non-hydrogen) atoms. The van der Waals surface area contributed by atoms with E-state index in [9.17, 15) is 0 Å². The monoisotopic (exact) mass is 281 g/mol. The van der Waals surface area contributed by atoms with Crippen LogP contribution in [0.4, 0.5) is 5.69 Å². The minimum absolute atomic E-state index is 0.386. The summed E-state index contributed by atoms with van der Waals surface area (Å²) in [7, 11) is 0. The van der Waals surface area contributed by atoms with Crippen molar-refractivity contribution in [3.05, 3.63) is 65.7 Å². The van der Waals surface area contributed by atoms with Crippen LogP contribution in [0.1, 0.15) is 56.7 Å². The molecule has 0 radical (unpaired) electrons. The molecule has 0 aromatic heterocycles. The first-order chi connectivity index (χ1) is 10.3. The molecule has 0 saturated carbocycles. The number of unbranched alkanes of at least 4 members (excludes halogenated alkanes) is 2. The van der Waals surface area contributed by atoms with Gasteiger partial charge in [-0.2, -0.15) is 0 Å². The average Bonchev–Trinajstić information content (AvgIpc) is 2.55. The second-order valence-corrected chi connectivity index (χ2v) is 5.67. The highest BCUT2D eigenvalue weighted by Crippen LogP contribution is 2.22. The molecule has 1 nitrogen and oxygen atoms in total. The van der Waals surface area contributed by atoms with Crippen LogP contribution in [-0.2, 0) is 6.42 Å². The number of hydrogen-bond donors (Lipinski definition) is 1. The molecule has 0 bridgehead atoms. The largest absolute Gasteiger partial charge is 0.378 e. The molecule has 1 N–H and O–H groups in total. The third-order valence-electron chi connectivity index (χ3n) is 3.97. The van der Waals surface area contributed by atoms with Gasteiger partial charge in [0.05, 0.1) is 6.04 Å². The van der Waals surface area contributed by atoms with Gasteiger partial charge < -0.3 is 5.32 Å². The lowest BCUT2D eigenvalue weighted by Crippen LogP contribution is -2.09. The van der Waals surface area contributed by atoms with Crippen LogP contribution in [0.5, 0.6) is 0 Å². The summed E-state index contributed by atoms with van der Waals surface area (Å²) in [6.45, 7) is 4.48. The van der Waals surface area contributed by atoms with Crippen LogP contribution in [0.25, 0.3) is 0 Å². The van der Waals surface area contributed by atoms with Crippen LogP contribution in [0, 0.1) is 0 Å². The summed E-state index contributed by atoms with van der Waals surface area (Å²) in [5.41, 5.74) is 4.01. The first-order valence-corrected chi connectivity index (χ1v) is 8.24. The van der Waals surface area contributed by atoms with Crippen molar-refractivity contribution in [1.29, 1.82) is 0 Å². The van der Waals surface area contributed by atoms with Gasteiger partial charge in [-0.15, -0.1) is 0 Å². The molecule has 0 aliphatic carbocycles. The van der Waals surface area contributed by atoms with Gasteiger partial charge in [0, 0.05) is 5.69 Å². The molecule has 112 valence electrons. The Morgan fingerprint density at radius 2 is 1.57 bits per heavy atom. The van der Waals surface area contributed by atoms with E-state index in [0.717, 1.165) is 6.42 Å². The Morgan fingerprint density at radius 1 is 0.857 bits per heavy atom. The Hall–Kier alpha value is -1.76. The molecule has 2 aromatic rings. The average molecular weight is 281 g/mol. The Labute approximate surface area is 129 Å². The summed E-state index contributed by atoms with van der Waals surface area (Å²) in [6, 6.07) is 20.0. The van der Waals surface area contributed by atoms with Gasteiger partial charge in [-0.1, -0.05) is 69.2 Å². The molecule has 0 heterocycles. The van der Waals surface area contributed by atoms with Crippen LogP contribution in [-0.4, -0.2) is 0 Å². The van der Waals surface area contributed by atoms with Crippen molar-refractivity contribution in [3.8, 4) is 0 Å². The van der Waals surface area contributed by atoms with Crippen LogP contribution < -0.4 is 5.32 Å². The molecule has 0 saturated heterocycles. The number of nitrogens with one attached hydrogen (secondary N) is 1. The Morgan fingerprint density at radius 3 is 2.19 bits per heavy atom. The lowest BCUT2D eigenvalue weighted by molar-refractivity contribution is 0.717. The zero-order chi connectivity index (χ0) is 14.9. The second-order valence-electron chi connectivity index (χ2n) is 5.67. The zero-order valence-electron chi connectivity index (χ0n) is 13.3. The molecule has 0 aliphatic heterocycles. The van der Waals surface area contributed by atoms with Crippen molar-refractivity contribution in [2.75, 3.05) is 5.32 Å². The topological polar surface area (TPSA) is 12.0 Å². The van der Waals surface area contributed by atoms with Crippen LogP contribution in [0.2, 0.25) is 0 Å². The molecule has 0 spiro atoms. The number of rotatable bonds is 8. The summed E-state index contributed by atoms with van der Waals surface area (Å²) in [5.74, 6) is 0. The lowest BCUT2D eigenvalue weighted by Gasteiger charge is -2.19. The smallest absolute Gasteiger partial charge is 0.0511 e. The molecule has 1 unspecified atom stereocenters. The summed E-state index contributed by atoms with van der Waals surface area (Å²) in [5, 5.41) is 3.64. The standard InChI is InChI=1S/C20H27N/c1-3-5-7-10-17-13-15-19(16-14-17)21-20(4-2)18-11-8-6-9-12-18/h6,8-9,11-16,20-21H,3-5,7,10H2,1-2H3. The maximum Gasteiger partial charge on any atom is 0.0511 e. The Bertz CT molecular complexity index is 501. The van der Waals surface area contributed by atoms with Gasteiger partial charge in [-0.25, -0.2) is 0 Å². The minimum Gasteiger partial charge on any atom is -0.378 e. The Kier molecular flexibility index (Phi) is 6.33. The van der Waals surface area contributed by atoms with E-state index in [4.69, 9.17) is 0 Å². The maximum atomic E-state index is 3.64. The van der Waals surface area contributed by atoms with Gasteiger partial charge in [0.2, 0.25) is 0 Å². The van der Waals surface area contributed by atoms with E-state index in [1.165, 1.54) is 42.5 Å². The highest BCUT2D eigenvalue weighted by molar-refractivity contribution is 5.46. The van der Waals surface area contributed by atoms with Gasteiger partial charge in [0.25, 0.3) is 0 Å². The third kappa shape index (κ3) is 4.93. The number of anilines is 1. The predicted molar refractivity (Wildman–Crippen MR) is 92.8 cm³/mol. The fourth-order valence-corrected chi connectivity index (χ4v) is 2.65. The normalized spacial score (nSPS) is 12.1. The number of aryl methyl sites for hydroxylation is 1. The molecule has 1 heteroatoms. The van der Waals surface area contributed by atoms with E-state index in [1.54, 1.807) is 0 Å². The summed E-state index contributed by atoms with van der Waals surface area (Å²) < 4.78 is 0. The molecular formula is C20H27N. The zero-order valence-corrected chi connectivity index (χ0v) is 13.3. The van der Waals surface area contributed by atoms with E-state index < -0.39 is 0 Å². The van der Waals surface area contributed by atoms with Gasteiger partial charge in [0.1, 0.15) is 0 Å². The summed E-state index contributed by atoms with van der Waals surface area (Å²) in [6.07, 6.45) is 6.19. The van der Waals surface area contributed by atoms with Crippen molar-refractivity contribution in [2.24, 2.45) is 0 Å². The van der Waals surface area contributed by atoms with Crippen LogP contribution in [0.15, 0.2) is 54.6 Å². The van der Waals surface area contributed by atoms with Gasteiger partial charge in [-0.05, 0) is 42.5 Å². The molecule has 0 fully saturated rings. The number of hydrogen-bond acceptors (Lipinski definition) is 1. The first kappa shape index (κ1) is 15.6. The molecule has 2 aromatic carbocycles. The van der Waals surface area contributed by atoms with E-state index in [0.29, 0.717) is 6.04 Å². The maximum absolute atomic E-state index is 3.64. The number of benzene rings is 2. The van der Waals surface area contributed by atoms with Crippen molar-refractivity contribution < 1.29 is 0 Å². The van der Waals surface area contributed by atoms with Crippen molar-refractivity contribution in [3.63, 3.8) is 0 Å². The third-order valence-corrected chi connectivity index (χ3v) is 3.97. The SMILES string of the molecule is CCCCCc1ccc(NC(CC)c2ccccc2)cc1. The first-order valence-electron chi connectivity index (χ1n) is 8.24. The van der Waals surface area contributed by atoms with E-state index in [-0.39, 0.29) is 0 Å². The molecule has 0 aliphatic rings. The molecular weight excluding hydrogens is 254 g/mol. The van der Waals surface area contributed by atoms with Crippen LogP contribution >= 0.6 is 0 Å². The van der Waals surface area contributed by atoms with Crippen molar-refractivity contribution in [2.45, 2.75) is 52.0 Å². The van der Waals surface area contributed by atoms with Crippen molar-refractivity contribution >= 4 is 5.69 Å². The van der Waals surface area contributed by atoms with E-state index in [1.807, 2.05) is 0 Å². The van der Waals surface area contributed by atoms with Gasteiger partial charge >= 0.3 is 0 Å². The minimum atomic E-state index is 0.386. The summed E-state index contributed by atoms with van der Waals surface area (Å²) >= 11 is 0. The lowest BCUT2D eigenvalue weighted by atomic mass is 10.0. The second kappa shape index (κ2) is 8.51. The van der Waals surface area contributed by atoms with E-state index >= 15 is 0 Å². The summed E-state index contributed by atoms with van der Waals surface area (Å²) in [4.78, 5) is 0. The molecule has 1 atom stereocenters. The Balaban J connectivity index is 1.95. The highest BCUT2D eigenvalue weighted by atomic mass is 14.9. The fourth-order valence-electron chi connectivity index (χ4n) is 2.65. The molecule has 2 rings (SSSR count). The molecule has 0 amide bonds. The fraction of sp³-hybridized carbons (Fsp3) is 0.400. The van der Waals surface area contributed by atoms with Gasteiger partial charge in [0.15, 0.2) is 0 Å². The quantitative estimate of drug-likeness (QED) is 0.587. The van der Waals surface area contributed by atoms with Crippen molar-refractivity contribution in [1.82, 2.24) is 0 Å².